The number of rotatable bonds is 5. The highest BCUT2D eigenvalue weighted by Crippen LogP contribution is 2.23. The van der Waals surface area contributed by atoms with Gasteiger partial charge in [-0.25, -0.2) is 4.79 Å². The number of urea groups is 1. The molecule has 1 aromatic carbocycles. The van der Waals surface area contributed by atoms with Gasteiger partial charge in [0.2, 0.25) is 0 Å². The summed E-state index contributed by atoms with van der Waals surface area (Å²) in [4.78, 5) is 11.8. The number of hydrogen-bond acceptors (Lipinski definition) is 3. The molecule has 22 heavy (non-hydrogen) atoms. The number of aryl methyl sites for hydroxylation is 2. The first-order valence-corrected chi connectivity index (χ1v) is 7.39. The first kappa shape index (κ1) is 16.4. The van der Waals surface area contributed by atoms with E-state index in [-0.39, 0.29) is 6.03 Å². The molecule has 0 saturated carbocycles. The number of carbonyl (C=O) groups excluding carboxylic acids is 1. The SMILES string of the molecule is Cc1cc(C(O)CCNC(=O)Nc2ccccc2Cl)c(C)o1. The number of anilines is 1. The zero-order chi connectivity index (χ0) is 16.1. The van der Waals surface area contributed by atoms with Crippen LogP contribution in [-0.2, 0) is 0 Å². The van der Waals surface area contributed by atoms with Gasteiger partial charge in [-0.05, 0) is 38.5 Å². The zero-order valence-corrected chi connectivity index (χ0v) is 13.3. The van der Waals surface area contributed by atoms with Crippen molar-refractivity contribution in [3.63, 3.8) is 0 Å². The van der Waals surface area contributed by atoms with Gasteiger partial charge < -0.3 is 20.2 Å². The van der Waals surface area contributed by atoms with Crippen molar-refractivity contribution in [3.8, 4) is 0 Å². The molecular weight excluding hydrogens is 304 g/mol. The molecule has 0 aliphatic heterocycles. The van der Waals surface area contributed by atoms with E-state index in [1.165, 1.54) is 0 Å². The third kappa shape index (κ3) is 4.26. The summed E-state index contributed by atoms with van der Waals surface area (Å²) >= 11 is 5.96. The Hall–Kier alpha value is -1.98. The predicted octanol–water partition coefficient (Wildman–Crippen LogP) is 3.80. The largest absolute Gasteiger partial charge is 0.466 e. The highest BCUT2D eigenvalue weighted by molar-refractivity contribution is 6.33. The van der Waals surface area contributed by atoms with Crippen LogP contribution in [0.25, 0.3) is 0 Å². The van der Waals surface area contributed by atoms with Crippen LogP contribution >= 0.6 is 11.6 Å². The zero-order valence-electron chi connectivity index (χ0n) is 12.5. The van der Waals surface area contributed by atoms with Gasteiger partial charge >= 0.3 is 6.03 Å². The van der Waals surface area contributed by atoms with Crippen LogP contribution in [0.3, 0.4) is 0 Å². The van der Waals surface area contributed by atoms with E-state index in [2.05, 4.69) is 10.6 Å². The van der Waals surface area contributed by atoms with E-state index in [1.807, 2.05) is 19.9 Å². The molecule has 0 saturated heterocycles. The summed E-state index contributed by atoms with van der Waals surface area (Å²) in [7, 11) is 0. The fraction of sp³-hybridized carbons (Fsp3) is 0.312. The topological polar surface area (TPSA) is 74.5 Å². The van der Waals surface area contributed by atoms with Crippen LogP contribution < -0.4 is 10.6 Å². The Morgan fingerprint density at radius 2 is 2.09 bits per heavy atom. The van der Waals surface area contributed by atoms with E-state index in [1.54, 1.807) is 24.3 Å². The maximum Gasteiger partial charge on any atom is 0.319 e. The Bertz CT molecular complexity index is 655. The molecule has 2 aromatic rings. The van der Waals surface area contributed by atoms with Gasteiger partial charge in [-0.15, -0.1) is 0 Å². The number of furan rings is 1. The summed E-state index contributed by atoms with van der Waals surface area (Å²) in [6, 6.07) is 8.44. The Kier molecular flexibility index (Phi) is 5.46. The lowest BCUT2D eigenvalue weighted by atomic mass is 10.1. The fourth-order valence-corrected chi connectivity index (χ4v) is 2.37. The van der Waals surface area contributed by atoms with Crippen molar-refractivity contribution in [2.24, 2.45) is 0 Å². The van der Waals surface area contributed by atoms with Gasteiger partial charge in [0.05, 0.1) is 16.8 Å². The van der Waals surface area contributed by atoms with Crippen LogP contribution in [-0.4, -0.2) is 17.7 Å². The average molecular weight is 323 g/mol. The van der Waals surface area contributed by atoms with E-state index in [0.717, 1.165) is 11.3 Å². The Morgan fingerprint density at radius 3 is 2.73 bits per heavy atom. The lowest BCUT2D eigenvalue weighted by Gasteiger charge is -2.12. The molecule has 2 rings (SSSR count). The maximum atomic E-state index is 11.8. The molecule has 2 amide bonds. The van der Waals surface area contributed by atoms with Crippen molar-refractivity contribution in [2.75, 3.05) is 11.9 Å². The van der Waals surface area contributed by atoms with Crippen molar-refractivity contribution in [3.05, 3.63) is 52.4 Å². The summed E-state index contributed by atoms with van der Waals surface area (Å²) in [6.07, 6.45) is -0.270. The molecule has 0 spiro atoms. The number of halogens is 1. The quantitative estimate of drug-likeness (QED) is 0.784. The smallest absolute Gasteiger partial charge is 0.319 e. The van der Waals surface area contributed by atoms with Gasteiger partial charge in [-0.3, -0.25) is 0 Å². The van der Waals surface area contributed by atoms with Crippen molar-refractivity contribution in [1.29, 1.82) is 0 Å². The van der Waals surface area contributed by atoms with E-state index < -0.39 is 6.10 Å². The standard InChI is InChI=1S/C16H19ClN2O3/c1-10-9-12(11(2)22-10)15(20)7-8-18-16(21)19-14-6-4-3-5-13(14)17/h3-6,9,15,20H,7-8H2,1-2H3,(H2,18,19,21). The second-order valence-corrected chi connectivity index (χ2v) is 5.44. The highest BCUT2D eigenvalue weighted by Gasteiger charge is 2.14. The van der Waals surface area contributed by atoms with Crippen LogP contribution in [0.15, 0.2) is 34.7 Å². The number of para-hydroxylation sites is 1. The van der Waals surface area contributed by atoms with Crippen LogP contribution in [0.2, 0.25) is 5.02 Å². The second kappa shape index (κ2) is 7.33. The van der Waals surface area contributed by atoms with Gasteiger partial charge in [-0.2, -0.15) is 0 Å². The molecule has 3 N–H and O–H groups in total. The normalized spacial score (nSPS) is 12.0. The number of aliphatic hydroxyl groups is 1. The van der Waals surface area contributed by atoms with Gasteiger partial charge in [-0.1, -0.05) is 23.7 Å². The number of hydrogen-bond donors (Lipinski definition) is 3. The van der Waals surface area contributed by atoms with Crippen LogP contribution in [0.5, 0.6) is 0 Å². The van der Waals surface area contributed by atoms with Crippen molar-refractivity contribution < 1.29 is 14.3 Å². The second-order valence-electron chi connectivity index (χ2n) is 5.03. The summed E-state index contributed by atoms with van der Waals surface area (Å²) in [5, 5.41) is 15.9. The molecule has 1 unspecified atom stereocenters. The molecule has 1 atom stereocenters. The van der Waals surface area contributed by atoms with Crippen molar-refractivity contribution in [1.82, 2.24) is 5.32 Å². The van der Waals surface area contributed by atoms with E-state index >= 15 is 0 Å². The summed E-state index contributed by atoms with van der Waals surface area (Å²) in [5.74, 6) is 1.46. The highest BCUT2D eigenvalue weighted by atomic mass is 35.5. The van der Waals surface area contributed by atoms with Gasteiger partial charge in [0.15, 0.2) is 0 Å². The predicted molar refractivity (Wildman–Crippen MR) is 86.2 cm³/mol. The van der Waals surface area contributed by atoms with Crippen LogP contribution in [0.1, 0.15) is 29.6 Å². The number of aliphatic hydroxyl groups excluding tert-OH is 1. The fourth-order valence-electron chi connectivity index (χ4n) is 2.19. The molecular formula is C16H19ClN2O3. The summed E-state index contributed by atoms with van der Waals surface area (Å²) < 4.78 is 5.38. The first-order valence-electron chi connectivity index (χ1n) is 7.01. The minimum absolute atomic E-state index is 0.334. The molecule has 0 bridgehead atoms. The minimum atomic E-state index is -0.668. The van der Waals surface area contributed by atoms with Crippen molar-refractivity contribution >= 4 is 23.3 Å². The number of benzene rings is 1. The van der Waals surface area contributed by atoms with Crippen LogP contribution in [0, 0.1) is 13.8 Å². The number of nitrogens with one attached hydrogen (secondary N) is 2. The lowest BCUT2D eigenvalue weighted by Crippen LogP contribution is -2.30. The molecule has 118 valence electrons. The van der Waals surface area contributed by atoms with Crippen molar-refractivity contribution in [2.45, 2.75) is 26.4 Å². The molecule has 1 heterocycles. The molecule has 0 aliphatic rings. The minimum Gasteiger partial charge on any atom is -0.466 e. The van der Waals surface area contributed by atoms with Gasteiger partial charge in [0.25, 0.3) is 0 Å². The Balaban J connectivity index is 1.80. The molecule has 0 radical (unpaired) electrons. The van der Waals surface area contributed by atoms with E-state index in [4.69, 9.17) is 16.0 Å². The number of carbonyl (C=O) groups is 1. The Labute approximate surface area is 134 Å². The Morgan fingerprint density at radius 1 is 1.36 bits per heavy atom. The molecule has 1 aromatic heterocycles. The van der Waals surface area contributed by atoms with Crippen LogP contribution in [0.4, 0.5) is 10.5 Å². The van der Waals surface area contributed by atoms with E-state index in [0.29, 0.717) is 29.4 Å². The first-order chi connectivity index (χ1) is 10.5. The third-order valence-electron chi connectivity index (χ3n) is 3.26. The van der Waals surface area contributed by atoms with Gasteiger partial charge in [0.1, 0.15) is 11.5 Å². The monoisotopic (exact) mass is 322 g/mol. The molecule has 0 aliphatic carbocycles. The summed E-state index contributed by atoms with van der Waals surface area (Å²) in [5.41, 5.74) is 1.30. The molecule has 6 heteroatoms. The third-order valence-corrected chi connectivity index (χ3v) is 3.59. The molecule has 5 nitrogen and oxygen atoms in total. The average Bonchev–Trinajstić information content (AvgIpc) is 2.80. The van der Waals surface area contributed by atoms with E-state index in [9.17, 15) is 9.90 Å². The maximum absolute atomic E-state index is 11.8. The summed E-state index contributed by atoms with van der Waals surface area (Å²) in [6.45, 7) is 3.97. The lowest BCUT2D eigenvalue weighted by molar-refractivity contribution is 0.165. The van der Waals surface area contributed by atoms with Gasteiger partial charge in [0, 0.05) is 12.1 Å². The molecule has 0 fully saturated rings. The number of amides is 2.